The van der Waals surface area contributed by atoms with E-state index in [0.717, 1.165) is 11.1 Å². The van der Waals surface area contributed by atoms with E-state index in [1.54, 1.807) is 24.3 Å². The molecule has 3 nitrogen and oxygen atoms in total. The first-order chi connectivity index (χ1) is 11.2. The summed E-state index contributed by atoms with van der Waals surface area (Å²) < 4.78 is 41.0. The van der Waals surface area contributed by atoms with Gasteiger partial charge in [0.1, 0.15) is 0 Å². The zero-order valence-electron chi connectivity index (χ0n) is 12.8. The van der Waals surface area contributed by atoms with E-state index in [9.17, 15) is 8.78 Å². The summed E-state index contributed by atoms with van der Waals surface area (Å²) in [7, 11) is 1.53. The standard InChI is InChI=1S/C18H18F2O3/c1-21-11-12-22-13-23-17(18(19)20)16-9-7-15(8-10-16)14-5-3-2-4-6-14/h2-10H,11-13H2,1H3. The van der Waals surface area contributed by atoms with Crippen LogP contribution in [0.1, 0.15) is 5.56 Å². The highest BCUT2D eigenvalue weighted by atomic mass is 19.3. The molecule has 0 unspecified atom stereocenters. The Morgan fingerprint density at radius 3 is 2.13 bits per heavy atom. The van der Waals surface area contributed by atoms with Gasteiger partial charge in [-0.05, 0) is 11.1 Å². The summed E-state index contributed by atoms with van der Waals surface area (Å²) in [5, 5.41) is 0. The molecule has 0 aromatic heterocycles. The lowest BCUT2D eigenvalue weighted by molar-refractivity contribution is -0.0236. The van der Waals surface area contributed by atoms with Crippen LogP contribution in [0.5, 0.6) is 0 Å². The van der Waals surface area contributed by atoms with E-state index in [-0.39, 0.29) is 13.4 Å². The van der Waals surface area contributed by atoms with E-state index in [2.05, 4.69) is 0 Å². The lowest BCUT2D eigenvalue weighted by atomic mass is 10.0. The molecule has 0 bridgehead atoms. The minimum absolute atomic E-state index is 0.254. The molecule has 5 heteroatoms. The van der Waals surface area contributed by atoms with Crippen LogP contribution in [-0.4, -0.2) is 27.1 Å². The van der Waals surface area contributed by atoms with Gasteiger partial charge in [0.2, 0.25) is 0 Å². The van der Waals surface area contributed by atoms with Gasteiger partial charge in [0, 0.05) is 12.7 Å². The summed E-state index contributed by atoms with van der Waals surface area (Å²) in [5.41, 5.74) is 2.28. The van der Waals surface area contributed by atoms with Crippen LogP contribution in [0.25, 0.3) is 16.9 Å². The third kappa shape index (κ3) is 5.16. The highest BCUT2D eigenvalue weighted by Gasteiger charge is 2.11. The van der Waals surface area contributed by atoms with Crippen molar-refractivity contribution in [3.63, 3.8) is 0 Å². The fourth-order valence-corrected chi connectivity index (χ4v) is 1.99. The van der Waals surface area contributed by atoms with Gasteiger partial charge in [0.25, 0.3) is 0 Å². The van der Waals surface area contributed by atoms with Crippen molar-refractivity contribution in [2.24, 2.45) is 0 Å². The van der Waals surface area contributed by atoms with Crippen molar-refractivity contribution in [2.45, 2.75) is 0 Å². The summed E-state index contributed by atoms with van der Waals surface area (Å²) in [6.45, 7) is 0.410. The van der Waals surface area contributed by atoms with E-state index in [1.807, 2.05) is 30.3 Å². The second-order valence-electron chi connectivity index (χ2n) is 4.70. The number of hydrogen-bond donors (Lipinski definition) is 0. The first-order valence-corrected chi connectivity index (χ1v) is 7.13. The average molecular weight is 320 g/mol. The first kappa shape index (κ1) is 17.1. The van der Waals surface area contributed by atoms with Crippen molar-refractivity contribution in [2.75, 3.05) is 27.1 Å². The molecule has 0 aliphatic carbocycles. The summed E-state index contributed by atoms with van der Waals surface area (Å²) >= 11 is 0. The van der Waals surface area contributed by atoms with E-state index < -0.39 is 11.8 Å². The maximum Gasteiger partial charge on any atom is 0.312 e. The van der Waals surface area contributed by atoms with E-state index in [0.29, 0.717) is 12.2 Å². The zero-order chi connectivity index (χ0) is 16.5. The Morgan fingerprint density at radius 2 is 1.52 bits per heavy atom. The maximum atomic E-state index is 13.1. The van der Waals surface area contributed by atoms with Gasteiger partial charge in [0.05, 0.1) is 13.2 Å². The number of halogens is 2. The normalized spacial score (nSPS) is 10.4. The number of rotatable bonds is 8. The summed E-state index contributed by atoms with van der Waals surface area (Å²) in [6.07, 6.45) is -1.88. The highest BCUT2D eigenvalue weighted by molar-refractivity contribution is 5.68. The molecule has 122 valence electrons. The van der Waals surface area contributed by atoms with Crippen LogP contribution in [0.3, 0.4) is 0 Å². The van der Waals surface area contributed by atoms with E-state index in [4.69, 9.17) is 14.2 Å². The van der Waals surface area contributed by atoms with Gasteiger partial charge in [-0.2, -0.15) is 8.78 Å². The molecule has 2 aromatic carbocycles. The molecule has 0 N–H and O–H groups in total. The Kier molecular flexibility index (Phi) is 6.72. The molecule has 0 spiro atoms. The van der Waals surface area contributed by atoms with E-state index in [1.165, 1.54) is 7.11 Å². The van der Waals surface area contributed by atoms with E-state index >= 15 is 0 Å². The molecular weight excluding hydrogens is 302 g/mol. The molecule has 0 aliphatic rings. The summed E-state index contributed by atoms with van der Waals surface area (Å²) in [5.74, 6) is -0.470. The Labute approximate surface area is 134 Å². The van der Waals surface area contributed by atoms with Crippen LogP contribution in [0.4, 0.5) is 8.78 Å². The summed E-state index contributed by atoms with van der Waals surface area (Å²) in [4.78, 5) is 0. The number of benzene rings is 2. The first-order valence-electron chi connectivity index (χ1n) is 7.13. The molecule has 0 saturated carbocycles. The molecule has 23 heavy (non-hydrogen) atoms. The Morgan fingerprint density at radius 1 is 0.870 bits per heavy atom. The lowest BCUT2D eigenvalue weighted by Gasteiger charge is -2.11. The van der Waals surface area contributed by atoms with Crippen molar-refractivity contribution < 1.29 is 23.0 Å². The molecule has 0 atom stereocenters. The van der Waals surface area contributed by atoms with Gasteiger partial charge in [-0.3, -0.25) is 0 Å². The zero-order valence-corrected chi connectivity index (χ0v) is 12.8. The Balaban J connectivity index is 2.04. The van der Waals surface area contributed by atoms with Crippen molar-refractivity contribution in [3.05, 3.63) is 66.2 Å². The van der Waals surface area contributed by atoms with Gasteiger partial charge in [-0.15, -0.1) is 0 Å². The molecule has 0 heterocycles. The molecule has 0 aliphatic heterocycles. The van der Waals surface area contributed by atoms with Crippen molar-refractivity contribution in [3.8, 4) is 11.1 Å². The van der Waals surface area contributed by atoms with Gasteiger partial charge in [-0.25, -0.2) is 0 Å². The van der Waals surface area contributed by atoms with Gasteiger partial charge in [-0.1, -0.05) is 54.6 Å². The number of ether oxygens (including phenoxy) is 3. The fourth-order valence-electron chi connectivity index (χ4n) is 1.99. The molecular formula is C18H18F2O3. The summed E-state index contributed by atoms with van der Waals surface area (Å²) in [6, 6.07) is 16.5. The molecule has 2 aromatic rings. The third-order valence-corrected chi connectivity index (χ3v) is 3.14. The maximum absolute atomic E-state index is 13.1. The quantitative estimate of drug-likeness (QED) is 0.405. The highest BCUT2D eigenvalue weighted by Crippen LogP contribution is 2.25. The second-order valence-corrected chi connectivity index (χ2v) is 4.70. The molecule has 0 saturated heterocycles. The van der Waals surface area contributed by atoms with Crippen molar-refractivity contribution in [1.29, 1.82) is 0 Å². The van der Waals surface area contributed by atoms with Crippen molar-refractivity contribution in [1.82, 2.24) is 0 Å². The second kappa shape index (κ2) is 9.02. The number of methoxy groups -OCH3 is 1. The Bertz CT molecular complexity index is 620. The fraction of sp³-hybridized carbons (Fsp3) is 0.222. The van der Waals surface area contributed by atoms with Crippen molar-refractivity contribution >= 4 is 5.76 Å². The van der Waals surface area contributed by atoms with Crippen LogP contribution in [0, 0.1) is 0 Å². The van der Waals surface area contributed by atoms with Crippen LogP contribution in [0.2, 0.25) is 0 Å². The monoisotopic (exact) mass is 320 g/mol. The van der Waals surface area contributed by atoms with Gasteiger partial charge < -0.3 is 14.2 Å². The minimum atomic E-state index is -1.88. The smallest absolute Gasteiger partial charge is 0.312 e. The lowest BCUT2D eigenvalue weighted by Crippen LogP contribution is -2.06. The SMILES string of the molecule is COCCOCOC(=C(F)F)c1ccc(-c2ccccc2)cc1. The largest absolute Gasteiger partial charge is 0.461 e. The average Bonchev–Trinajstić information content (AvgIpc) is 2.59. The molecule has 0 radical (unpaired) electrons. The third-order valence-electron chi connectivity index (χ3n) is 3.14. The topological polar surface area (TPSA) is 27.7 Å². The molecule has 0 amide bonds. The number of hydrogen-bond acceptors (Lipinski definition) is 3. The van der Waals surface area contributed by atoms with Crippen LogP contribution >= 0.6 is 0 Å². The van der Waals surface area contributed by atoms with Crippen LogP contribution in [0.15, 0.2) is 60.7 Å². The van der Waals surface area contributed by atoms with Crippen LogP contribution < -0.4 is 0 Å². The Hall–Kier alpha value is -2.24. The molecule has 2 rings (SSSR count). The predicted molar refractivity (Wildman–Crippen MR) is 84.8 cm³/mol. The van der Waals surface area contributed by atoms with Gasteiger partial charge >= 0.3 is 6.08 Å². The predicted octanol–water partition coefficient (Wildman–Crippen LogP) is 4.56. The molecule has 0 fully saturated rings. The van der Waals surface area contributed by atoms with Gasteiger partial charge in [0.15, 0.2) is 12.6 Å². The van der Waals surface area contributed by atoms with Crippen LogP contribution in [-0.2, 0) is 14.2 Å². The minimum Gasteiger partial charge on any atom is -0.461 e.